The van der Waals surface area contributed by atoms with E-state index in [1.54, 1.807) is 24.1 Å². The van der Waals surface area contributed by atoms with Gasteiger partial charge in [-0.25, -0.2) is 4.98 Å². The van der Waals surface area contributed by atoms with Gasteiger partial charge in [-0.3, -0.25) is 4.79 Å². The summed E-state index contributed by atoms with van der Waals surface area (Å²) in [5.41, 5.74) is 2.62. The Morgan fingerprint density at radius 2 is 2.83 bits per heavy atom. The van der Waals surface area contributed by atoms with Gasteiger partial charge in [-0.15, -0.1) is 0 Å². The highest BCUT2D eigenvalue weighted by Gasteiger charge is 2.12. The predicted molar refractivity (Wildman–Crippen MR) is 42.5 cm³/mol. The summed E-state index contributed by atoms with van der Waals surface area (Å²) in [4.78, 5) is 14.5. The van der Waals surface area contributed by atoms with Crippen molar-refractivity contribution in [2.75, 3.05) is 0 Å². The second kappa shape index (κ2) is 3.36. The van der Waals surface area contributed by atoms with Crippen molar-refractivity contribution in [1.29, 1.82) is 0 Å². The Hall–Kier alpha value is -1.36. The summed E-state index contributed by atoms with van der Waals surface area (Å²) in [5, 5.41) is 8.62. The monoisotopic (exact) mass is 170 g/mol. The molecule has 1 atom stereocenters. The van der Waals surface area contributed by atoms with Crippen molar-refractivity contribution in [2.24, 2.45) is 12.8 Å². The van der Waals surface area contributed by atoms with Gasteiger partial charge < -0.3 is 15.4 Å². The molecule has 1 unspecified atom stereocenters. The maximum Gasteiger partial charge on any atom is 0.320 e. The van der Waals surface area contributed by atoms with Crippen LogP contribution in [-0.2, 0) is 18.3 Å². The summed E-state index contributed by atoms with van der Waals surface area (Å²) in [5.74, 6) is -1.04. The Morgan fingerprint density at radius 3 is 3.25 bits per heavy atom. The molecule has 0 spiro atoms. The molecule has 1 heterocycles. The number of carboxylic acid groups (broad SMARTS) is 1. The molecule has 66 valence electrons. The van der Waals surface area contributed by atoms with Gasteiger partial charge in [-0.1, -0.05) is 0 Å². The van der Waals surface area contributed by atoms with E-state index < -0.39 is 12.0 Å². The van der Waals surface area contributed by atoms with Crippen LogP contribution in [0.3, 0.4) is 0 Å². The lowest BCUT2D eigenvalue weighted by atomic mass is 10.2. The van der Waals surface area contributed by atoms with E-state index in [0.29, 0.717) is 5.69 Å². The molecule has 0 aliphatic rings. The van der Waals surface area contributed by atoms with E-state index in [2.05, 4.69) is 4.98 Å². The van der Waals surface area contributed by atoms with Crippen LogP contribution in [0.1, 0.15) is 5.69 Å². The molecule has 1 rings (SSSR count). The van der Waals surface area contributed by atoms with E-state index in [1.807, 2.05) is 5.73 Å². The molecular weight excluding hydrogens is 158 g/mol. The van der Waals surface area contributed by atoms with Gasteiger partial charge in [0, 0.05) is 19.7 Å². The number of imidazole rings is 1. The maximum atomic E-state index is 10.5. The van der Waals surface area contributed by atoms with Crippen molar-refractivity contribution >= 4 is 5.97 Å². The quantitative estimate of drug-likeness (QED) is 0.630. The number of nitrogens with two attached hydrogens (primary N) is 1. The van der Waals surface area contributed by atoms with E-state index in [9.17, 15) is 4.79 Å². The summed E-state index contributed by atoms with van der Waals surface area (Å²) in [6, 6.07) is -0.894. The lowest BCUT2D eigenvalue weighted by molar-refractivity contribution is -0.138. The molecule has 3 N–H and O–H groups in total. The number of aryl methyl sites for hydroxylation is 1. The summed E-state index contributed by atoms with van der Waals surface area (Å²) in [7, 11) is 1.81. The number of hydrogen-bond acceptors (Lipinski definition) is 3. The van der Waals surface area contributed by atoms with Crippen molar-refractivity contribution < 1.29 is 11.3 Å². The molecule has 0 saturated heterocycles. The topological polar surface area (TPSA) is 81.1 Å². The van der Waals surface area contributed by atoms with Gasteiger partial charge in [0.05, 0.1) is 12.0 Å². The number of rotatable bonds is 4. The first-order valence-corrected chi connectivity index (χ1v) is 3.50. The summed E-state index contributed by atoms with van der Waals surface area (Å²) < 4.78 is 8.52. The molecule has 0 aromatic carbocycles. The van der Waals surface area contributed by atoms with Crippen LogP contribution in [0.25, 0.3) is 0 Å². The lowest BCUT2D eigenvalue weighted by Crippen LogP contribution is -2.32. The van der Waals surface area contributed by atoms with E-state index in [1.165, 1.54) is 0 Å². The van der Waals surface area contributed by atoms with Crippen LogP contribution in [0, 0.1) is 0 Å². The number of aliphatic carboxylic acids is 1. The normalized spacial score (nSPS) is 13.9. The molecule has 0 saturated carbocycles. The van der Waals surface area contributed by atoms with Crippen LogP contribution in [0.2, 0.25) is 1.41 Å². The molecule has 0 amide bonds. The predicted octanol–water partition coefficient (Wildman–Crippen LogP) is -0.626. The third kappa shape index (κ3) is 2.06. The minimum atomic E-state index is -1.04. The Kier molecular flexibility index (Phi) is 2.04. The molecule has 5 heteroatoms. The van der Waals surface area contributed by atoms with Crippen LogP contribution < -0.4 is 5.73 Å². The number of nitrogens with zero attached hydrogens (tertiary/aromatic N) is 2. The Bertz CT molecular complexity index is 300. The van der Waals surface area contributed by atoms with Crippen LogP contribution in [-0.4, -0.2) is 26.7 Å². The molecule has 12 heavy (non-hydrogen) atoms. The zero-order valence-corrected chi connectivity index (χ0v) is 6.69. The van der Waals surface area contributed by atoms with E-state index in [0.717, 1.165) is 0 Å². The Morgan fingerprint density at radius 1 is 2.08 bits per heavy atom. The van der Waals surface area contributed by atoms with Crippen molar-refractivity contribution in [2.45, 2.75) is 12.5 Å². The highest BCUT2D eigenvalue weighted by molar-refractivity contribution is 5.73. The van der Waals surface area contributed by atoms with Gasteiger partial charge in [0.25, 0.3) is 0 Å². The molecule has 0 bridgehead atoms. The molecule has 5 nitrogen and oxygen atoms in total. The Labute approximate surface area is 71.3 Å². The third-order valence-corrected chi connectivity index (χ3v) is 1.47. The fraction of sp³-hybridized carbons (Fsp3) is 0.429. The molecule has 0 radical (unpaired) electrons. The van der Waals surface area contributed by atoms with Crippen LogP contribution in [0.5, 0.6) is 0 Å². The van der Waals surface area contributed by atoms with Gasteiger partial charge in [-0.05, 0) is 0 Å². The first kappa shape index (κ1) is 7.30. The number of carboxylic acids is 1. The molecule has 0 fully saturated rings. The molecular formula is C7H11N3O2. The average molecular weight is 170 g/mol. The number of carbonyl (C=O) groups is 1. The van der Waals surface area contributed by atoms with Crippen molar-refractivity contribution in [1.82, 2.24) is 9.55 Å². The zero-order valence-electron chi connectivity index (χ0n) is 7.69. The SMILES string of the molecule is [2H]NC(Cc1cn(C)cn1)C(=O)O. The third-order valence-electron chi connectivity index (χ3n) is 1.47. The number of aromatic nitrogens is 2. The van der Waals surface area contributed by atoms with Crippen molar-refractivity contribution in [3.8, 4) is 0 Å². The highest BCUT2D eigenvalue weighted by Crippen LogP contribution is 1.97. The van der Waals surface area contributed by atoms with Gasteiger partial charge in [-0.2, -0.15) is 0 Å². The van der Waals surface area contributed by atoms with Crippen molar-refractivity contribution in [3.05, 3.63) is 18.2 Å². The highest BCUT2D eigenvalue weighted by atomic mass is 16.4. The van der Waals surface area contributed by atoms with E-state index >= 15 is 0 Å². The Balaban J connectivity index is 2.61. The summed E-state index contributed by atoms with van der Waals surface area (Å²) >= 11 is 0. The van der Waals surface area contributed by atoms with Gasteiger partial charge in [0.1, 0.15) is 7.45 Å². The zero-order chi connectivity index (χ0) is 9.84. The first-order valence-electron chi connectivity index (χ1n) is 4.00. The van der Waals surface area contributed by atoms with Gasteiger partial charge in [0.2, 0.25) is 0 Å². The van der Waals surface area contributed by atoms with Crippen LogP contribution >= 0.6 is 0 Å². The molecule has 0 aliphatic carbocycles. The lowest BCUT2D eigenvalue weighted by Gasteiger charge is -2.01. The fourth-order valence-corrected chi connectivity index (χ4v) is 0.869. The average Bonchev–Trinajstić information content (AvgIpc) is 2.46. The number of hydrogen-bond donors (Lipinski definition) is 2. The molecule has 1 aromatic heterocycles. The van der Waals surface area contributed by atoms with Crippen LogP contribution in [0.4, 0.5) is 0 Å². The fourth-order valence-electron chi connectivity index (χ4n) is 0.869. The van der Waals surface area contributed by atoms with Crippen molar-refractivity contribution in [3.63, 3.8) is 0 Å². The maximum absolute atomic E-state index is 10.5. The smallest absolute Gasteiger partial charge is 0.320 e. The first-order chi connectivity index (χ1) is 6.13. The van der Waals surface area contributed by atoms with Gasteiger partial charge in [0.15, 0.2) is 0 Å². The minimum Gasteiger partial charge on any atom is -0.480 e. The molecule has 0 aliphatic heterocycles. The van der Waals surface area contributed by atoms with E-state index in [4.69, 9.17) is 6.52 Å². The van der Waals surface area contributed by atoms with E-state index in [-0.39, 0.29) is 6.42 Å². The minimum absolute atomic E-state index is 0.222. The summed E-state index contributed by atoms with van der Waals surface area (Å²) in [6.45, 7) is 0. The standard InChI is InChI=1S/C7H11N3O2/c1-10-3-5(9-4-10)2-6(8)7(11)12/h3-4,6H,2,8H2,1H3,(H,11,12)/i/hD. The summed E-state index contributed by atoms with van der Waals surface area (Å²) in [6.07, 6.45) is 3.55. The molecule has 1 aromatic rings. The largest absolute Gasteiger partial charge is 0.480 e. The second-order valence-corrected chi connectivity index (χ2v) is 2.63. The second-order valence-electron chi connectivity index (χ2n) is 2.63. The van der Waals surface area contributed by atoms with Gasteiger partial charge >= 0.3 is 5.97 Å². The van der Waals surface area contributed by atoms with Crippen LogP contribution in [0.15, 0.2) is 12.5 Å².